The Morgan fingerprint density at radius 1 is 1.35 bits per heavy atom. The molecule has 2 atom stereocenters. The molecule has 0 saturated heterocycles. The minimum atomic E-state index is 0.767. The second-order valence-electron chi connectivity index (χ2n) is 6.06. The topological polar surface area (TPSA) is 21.3 Å². The van der Waals surface area contributed by atoms with Gasteiger partial charge >= 0.3 is 0 Å². The first kappa shape index (κ1) is 15.7. The summed E-state index contributed by atoms with van der Waals surface area (Å²) in [5.41, 5.74) is 1.14. The van der Waals surface area contributed by atoms with Crippen molar-refractivity contribution < 1.29 is 4.74 Å². The van der Waals surface area contributed by atoms with Gasteiger partial charge in [-0.2, -0.15) is 0 Å². The molecule has 20 heavy (non-hydrogen) atoms. The predicted octanol–water partition coefficient (Wildman–Crippen LogP) is 4.65. The number of hydrogen-bond acceptors (Lipinski definition) is 2. The molecule has 2 unspecified atom stereocenters. The van der Waals surface area contributed by atoms with Crippen molar-refractivity contribution in [2.45, 2.75) is 45.6 Å². The van der Waals surface area contributed by atoms with Crippen molar-refractivity contribution in [2.24, 2.45) is 11.8 Å². The fourth-order valence-electron chi connectivity index (χ4n) is 3.24. The van der Waals surface area contributed by atoms with Crippen molar-refractivity contribution in [1.82, 2.24) is 5.32 Å². The summed E-state index contributed by atoms with van der Waals surface area (Å²) in [6.07, 6.45) is 6.93. The summed E-state index contributed by atoms with van der Waals surface area (Å²) in [5, 5.41) is 4.29. The summed E-state index contributed by atoms with van der Waals surface area (Å²) in [7, 11) is 1.70. The molecule has 2 rings (SSSR count). The molecule has 0 aromatic heterocycles. The zero-order valence-corrected chi connectivity index (χ0v) is 13.4. The second-order valence-corrected chi connectivity index (χ2v) is 6.50. The first-order valence-corrected chi connectivity index (χ1v) is 8.10. The summed E-state index contributed by atoms with van der Waals surface area (Å²) in [6.45, 7) is 4.29. The highest BCUT2D eigenvalue weighted by molar-refractivity contribution is 6.30. The third kappa shape index (κ3) is 4.68. The number of benzene rings is 1. The van der Waals surface area contributed by atoms with Gasteiger partial charge in [0.25, 0.3) is 0 Å². The van der Waals surface area contributed by atoms with Crippen LogP contribution >= 0.6 is 11.6 Å². The van der Waals surface area contributed by atoms with Crippen LogP contribution < -0.4 is 10.1 Å². The SMILES string of the molecule is COc1ccc(Cl)cc1CNCCC1CCCC(C)C1. The van der Waals surface area contributed by atoms with Gasteiger partial charge in [-0.25, -0.2) is 0 Å². The van der Waals surface area contributed by atoms with E-state index >= 15 is 0 Å². The maximum absolute atomic E-state index is 6.04. The Kier molecular flexibility index (Phi) is 6.18. The van der Waals surface area contributed by atoms with Crippen LogP contribution in [0.5, 0.6) is 5.75 Å². The highest BCUT2D eigenvalue weighted by Gasteiger charge is 2.18. The maximum Gasteiger partial charge on any atom is 0.123 e. The zero-order chi connectivity index (χ0) is 14.4. The van der Waals surface area contributed by atoms with E-state index in [0.717, 1.165) is 41.3 Å². The number of halogens is 1. The third-order valence-electron chi connectivity index (χ3n) is 4.33. The molecule has 1 aromatic carbocycles. The summed E-state index contributed by atoms with van der Waals surface area (Å²) < 4.78 is 5.36. The molecule has 1 N–H and O–H groups in total. The van der Waals surface area contributed by atoms with Crippen LogP contribution in [0, 0.1) is 11.8 Å². The Hall–Kier alpha value is -0.730. The highest BCUT2D eigenvalue weighted by atomic mass is 35.5. The molecule has 0 amide bonds. The number of ether oxygens (including phenoxy) is 1. The number of nitrogens with one attached hydrogen (secondary N) is 1. The van der Waals surface area contributed by atoms with Crippen LogP contribution in [-0.2, 0) is 6.54 Å². The molecule has 0 radical (unpaired) electrons. The van der Waals surface area contributed by atoms with Crippen molar-refractivity contribution in [3.05, 3.63) is 28.8 Å². The van der Waals surface area contributed by atoms with Crippen molar-refractivity contribution in [3.63, 3.8) is 0 Å². The van der Waals surface area contributed by atoms with Crippen LogP contribution in [0.4, 0.5) is 0 Å². The zero-order valence-electron chi connectivity index (χ0n) is 12.6. The van der Waals surface area contributed by atoms with E-state index in [-0.39, 0.29) is 0 Å². The lowest BCUT2D eigenvalue weighted by molar-refractivity contribution is 0.267. The molecule has 2 nitrogen and oxygen atoms in total. The molecule has 0 heterocycles. The van der Waals surface area contributed by atoms with Crippen molar-refractivity contribution >= 4 is 11.6 Å². The van der Waals surface area contributed by atoms with E-state index in [1.807, 2.05) is 18.2 Å². The lowest BCUT2D eigenvalue weighted by atomic mass is 9.81. The van der Waals surface area contributed by atoms with Gasteiger partial charge in [0.2, 0.25) is 0 Å². The Balaban J connectivity index is 1.74. The molecule has 0 spiro atoms. The quantitative estimate of drug-likeness (QED) is 0.771. The molecule has 3 heteroatoms. The van der Waals surface area contributed by atoms with Gasteiger partial charge in [-0.1, -0.05) is 37.8 Å². The summed E-state index contributed by atoms with van der Waals surface area (Å²) in [6, 6.07) is 5.78. The van der Waals surface area contributed by atoms with Gasteiger partial charge in [-0.15, -0.1) is 0 Å². The van der Waals surface area contributed by atoms with Gasteiger partial charge in [-0.05, 0) is 49.4 Å². The van der Waals surface area contributed by atoms with Gasteiger partial charge in [0.05, 0.1) is 7.11 Å². The van der Waals surface area contributed by atoms with Crippen molar-refractivity contribution in [2.75, 3.05) is 13.7 Å². The minimum Gasteiger partial charge on any atom is -0.496 e. The molecule has 1 aliphatic carbocycles. The Morgan fingerprint density at radius 2 is 2.20 bits per heavy atom. The smallest absolute Gasteiger partial charge is 0.123 e. The van der Waals surface area contributed by atoms with Crippen LogP contribution in [0.1, 0.15) is 44.6 Å². The molecule has 0 bridgehead atoms. The first-order valence-electron chi connectivity index (χ1n) is 7.72. The number of hydrogen-bond donors (Lipinski definition) is 1. The number of rotatable bonds is 6. The van der Waals surface area contributed by atoms with Gasteiger partial charge in [0.1, 0.15) is 5.75 Å². The van der Waals surface area contributed by atoms with Crippen LogP contribution in [0.25, 0.3) is 0 Å². The fourth-order valence-corrected chi connectivity index (χ4v) is 3.43. The van der Waals surface area contributed by atoms with E-state index < -0.39 is 0 Å². The van der Waals surface area contributed by atoms with E-state index in [9.17, 15) is 0 Å². The van der Waals surface area contributed by atoms with Crippen molar-refractivity contribution in [1.29, 1.82) is 0 Å². The van der Waals surface area contributed by atoms with E-state index in [0.29, 0.717) is 0 Å². The summed E-state index contributed by atoms with van der Waals surface area (Å²) in [4.78, 5) is 0. The molecule has 112 valence electrons. The first-order chi connectivity index (χ1) is 9.69. The van der Waals surface area contributed by atoms with Gasteiger partial charge in [0.15, 0.2) is 0 Å². The molecular weight excluding hydrogens is 270 g/mol. The highest BCUT2D eigenvalue weighted by Crippen LogP contribution is 2.30. The Bertz CT molecular complexity index is 421. The second kappa shape index (κ2) is 7.90. The fraction of sp³-hybridized carbons (Fsp3) is 0.647. The van der Waals surface area contributed by atoms with Crippen LogP contribution in [-0.4, -0.2) is 13.7 Å². The average molecular weight is 296 g/mol. The Morgan fingerprint density at radius 3 is 2.95 bits per heavy atom. The van der Waals surface area contributed by atoms with E-state index in [1.165, 1.54) is 32.1 Å². The van der Waals surface area contributed by atoms with Gasteiger partial charge < -0.3 is 10.1 Å². The van der Waals surface area contributed by atoms with Crippen LogP contribution in [0.15, 0.2) is 18.2 Å². The largest absolute Gasteiger partial charge is 0.496 e. The van der Waals surface area contributed by atoms with Crippen LogP contribution in [0.3, 0.4) is 0 Å². The van der Waals surface area contributed by atoms with E-state index in [2.05, 4.69) is 12.2 Å². The molecule has 1 aromatic rings. The summed E-state index contributed by atoms with van der Waals surface area (Å²) in [5.74, 6) is 2.74. The Labute approximate surface area is 127 Å². The number of methoxy groups -OCH3 is 1. The average Bonchev–Trinajstić information content (AvgIpc) is 2.44. The lowest BCUT2D eigenvalue weighted by Gasteiger charge is -2.26. The van der Waals surface area contributed by atoms with Gasteiger partial charge in [-0.3, -0.25) is 0 Å². The molecular formula is C17H26ClNO. The third-order valence-corrected chi connectivity index (χ3v) is 4.57. The lowest BCUT2D eigenvalue weighted by Crippen LogP contribution is -2.21. The summed E-state index contributed by atoms with van der Waals surface area (Å²) >= 11 is 6.04. The van der Waals surface area contributed by atoms with Gasteiger partial charge in [0, 0.05) is 17.1 Å². The van der Waals surface area contributed by atoms with E-state index in [1.54, 1.807) is 7.11 Å². The normalized spacial score (nSPS) is 22.8. The van der Waals surface area contributed by atoms with Crippen LogP contribution in [0.2, 0.25) is 5.02 Å². The molecule has 1 saturated carbocycles. The monoisotopic (exact) mass is 295 g/mol. The minimum absolute atomic E-state index is 0.767. The molecule has 1 fully saturated rings. The molecule has 1 aliphatic rings. The van der Waals surface area contributed by atoms with E-state index in [4.69, 9.17) is 16.3 Å². The predicted molar refractivity (Wildman–Crippen MR) is 85.4 cm³/mol. The van der Waals surface area contributed by atoms with Crippen molar-refractivity contribution in [3.8, 4) is 5.75 Å². The standard InChI is InChI=1S/C17H26ClNO/c1-13-4-3-5-14(10-13)8-9-19-12-15-11-16(18)6-7-17(15)20-2/h6-7,11,13-14,19H,3-5,8-10,12H2,1-2H3. The molecule has 0 aliphatic heterocycles. The maximum atomic E-state index is 6.04.